The van der Waals surface area contributed by atoms with Gasteiger partial charge in [0, 0.05) is 5.69 Å². The third kappa shape index (κ3) is 3.22. The average molecular weight is 300 g/mol. The standard InChI is InChI=1S/C13H17NO2.BrH/c1-2-16-13(15)11-4-3-10-8-12(14)6-5-9(10)7-11;/h5-6,8,11H,2-4,7,14H2,1H3;1H. The summed E-state index contributed by atoms with van der Waals surface area (Å²) in [7, 11) is 0. The quantitative estimate of drug-likeness (QED) is 0.674. The number of halogens is 1. The Bertz CT molecular complexity index is 406. The van der Waals surface area contributed by atoms with Gasteiger partial charge in [0.05, 0.1) is 12.5 Å². The van der Waals surface area contributed by atoms with Gasteiger partial charge in [0.1, 0.15) is 0 Å². The van der Waals surface area contributed by atoms with Gasteiger partial charge in [0.25, 0.3) is 0 Å². The van der Waals surface area contributed by atoms with E-state index in [-0.39, 0.29) is 28.9 Å². The molecule has 0 amide bonds. The van der Waals surface area contributed by atoms with Gasteiger partial charge >= 0.3 is 5.97 Å². The van der Waals surface area contributed by atoms with E-state index in [1.165, 1.54) is 11.1 Å². The van der Waals surface area contributed by atoms with Gasteiger partial charge in [-0.2, -0.15) is 0 Å². The van der Waals surface area contributed by atoms with E-state index in [1.807, 2.05) is 25.1 Å². The first-order valence-electron chi connectivity index (χ1n) is 5.74. The molecule has 1 aliphatic rings. The molecule has 1 atom stereocenters. The molecule has 1 aromatic carbocycles. The monoisotopic (exact) mass is 299 g/mol. The Morgan fingerprint density at radius 3 is 2.94 bits per heavy atom. The highest BCUT2D eigenvalue weighted by Gasteiger charge is 2.25. The van der Waals surface area contributed by atoms with Crippen LogP contribution in [0.3, 0.4) is 0 Å². The normalized spacial score (nSPS) is 17.8. The van der Waals surface area contributed by atoms with Crippen LogP contribution in [0.1, 0.15) is 24.5 Å². The summed E-state index contributed by atoms with van der Waals surface area (Å²) in [5, 5.41) is 0. The highest BCUT2D eigenvalue weighted by Crippen LogP contribution is 2.27. The van der Waals surface area contributed by atoms with Crippen molar-refractivity contribution in [1.29, 1.82) is 0 Å². The number of ether oxygens (including phenoxy) is 1. The number of benzene rings is 1. The largest absolute Gasteiger partial charge is 0.466 e. The number of carbonyl (C=O) groups excluding carboxylic acids is 1. The van der Waals surface area contributed by atoms with Crippen LogP contribution in [0, 0.1) is 5.92 Å². The lowest BCUT2D eigenvalue weighted by atomic mass is 9.84. The highest BCUT2D eigenvalue weighted by molar-refractivity contribution is 8.93. The van der Waals surface area contributed by atoms with Crippen molar-refractivity contribution in [3.05, 3.63) is 29.3 Å². The van der Waals surface area contributed by atoms with Crippen molar-refractivity contribution in [3.8, 4) is 0 Å². The molecule has 0 heterocycles. The van der Waals surface area contributed by atoms with Crippen LogP contribution in [0.5, 0.6) is 0 Å². The number of nitrogen functional groups attached to an aromatic ring is 1. The van der Waals surface area contributed by atoms with Crippen molar-refractivity contribution in [3.63, 3.8) is 0 Å². The van der Waals surface area contributed by atoms with Gasteiger partial charge in [-0.05, 0) is 49.4 Å². The Morgan fingerprint density at radius 1 is 1.47 bits per heavy atom. The van der Waals surface area contributed by atoms with Gasteiger partial charge in [0.2, 0.25) is 0 Å². The Labute approximate surface area is 112 Å². The van der Waals surface area contributed by atoms with Gasteiger partial charge < -0.3 is 10.5 Å². The van der Waals surface area contributed by atoms with E-state index in [0.717, 1.165) is 24.9 Å². The summed E-state index contributed by atoms with van der Waals surface area (Å²) in [6.45, 7) is 2.30. The predicted molar refractivity (Wildman–Crippen MR) is 73.3 cm³/mol. The van der Waals surface area contributed by atoms with E-state index in [2.05, 4.69) is 0 Å². The molecular weight excluding hydrogens is 282 g/mol. The van der Waals surface area contributed by atoms with Crippen molar-refractivity contribution >= 4 is 28.6 Å². The molecule has 0 aromatic heterocycles. The summed E-state index contributed by atoms with van der Waals surface area (Å²) in [5.41, 5.74) is 9.04. The van der Waals surface area contributed by atoms with E-state index in [0.29, 0.717) is 6.61 Å². The van der Waals surface area contributed by atoms with Gasteiger partial charge in [-0.25, -0.2) is 0 Å². The van der Waals surface area contributed by atoms with Crippen LogP contribution in [-0.2, 0) is 22.4 Å². The Kier molecular flexibility index (Phi) is 5.00. The average Bonchev–Trinajstić information content (AvgIpc) is 2.28. The zero-order chi connectivity index (χ0) is 11.5. The molecule has 3 nitrogen and oxygen atoms in total. The summed E-state index contributed by atoms with van der Waals surface area (Å²) in [4.78, 5) is 11.6. The molecule has 0 saturated heterocycles. The molecule has 0 aliphatic heterocycles. The molecule has 94 valence electrons. The van der Waals surface area contributed by atoms with Crippen molar-refractivity contribution in [1.82, 2.24) is 0 Å². The van der Waals surface area contributed by atoms with E-state index >= 15 is 0 Å². The van der Waals surface area contributed by atoms with Crippen LogP contribution < -0.4 is 5.73 Å². The molecule has 2 rings (SSSR count). The summed E-state index contributed by atoms with van der Waals surface area (Å²) < 4.78 is 5.06. The fourth-order valence-corrected chi connectivity index (χ4v) is 2.24. The van der Waals surface area contributed by atoms with E-state index in [1.54, 1.807) is 0 Å². The Morgan fingerprint density at radius 2 is 2.24 bits per heavy atom. The number of carbonyl (C=O) groups is 1. The second-order valence-electron chi connectivity index (χ2n) is 4.22. The number of hydrogen-bond acceptors (Lipinski definition) is 3. The molecule has 1 aromatic rings. The molecule has 0 fully saturated rings. The topological polar surface area (TPSA) is 52.3 Å². The number of hydrogen-bond donors (Lipinski definition) is 1. The van der Waals surface area contributed by atoms with Gasteiger partial charge in [-0.1, -0.05) is 6.07 Å². The first-order chi connectivity index (χ1) is 7.70. The molecule has 1 aliphatic carbocycles. The SMILES string of the molecule is Br.CCOC(=O)C1CCc2cc(N)ccc2C1. The second-order valence-corrected chi connectivity index (χ2v) is 4.22. The lowest BCUT2D eigenvalue weighted by molar-refractivity contribution is -0.148. The second kappa shape index (κ2) is 6.05. The third-order valence-electron chi connectivity index (χ3n) is 3.08. The third-order valence-corrected chi connectivity index (χ3v) is 3.08. The zero-order valence-electron chi connectivity index (χ0n) is 9.94. The molecule has 0 spiro atoms. The lowest BCUT2D eigenvalue weighted by Gasteiger charge is -2.23. The smallest absolute Gasteiger partial charge is 0.309 e. The number of fused-ring (bicyclic) bond motifs is 1. The molecule has 0 saturated carbocycles. The minimum atomic E-state index is -0.0648. The van der Waals surface area contributed by atoms with Crippen molar-refractivity contribution in [2.75, 3.05) is 12.3 Å². The number of nitrogens with two attached hydrogens (primary N) is 1. The maximum Gasteiger partial charge on any atom is 0.309 e. The van der Waals surface area contributed by atoms with Gasteiger partial charge in [-0.15, -0.1) is 17.0 Å². The number of anilines is 1. The van der Waals surface area contributed by atoms with Crippen LogP contribution in [0.4, 0.5) is 5.69 Å². The molecule has 1 unspecified atom stereocenters. The van der Waals surface area contributed by atoms with Crippen LogP contribution in [-0.4, -0.2) is 12.6 Å². The molecule has 0 bridgehead atoms. The number of rotatable bonds is 2. The van der Waals surface area contributed by atoms with Crippen molar-refractivity contribution in [2.45, 2.75) is 26.2 Å². The first-order valence-corrected chi connectivity index (χ1v) is 5.74. The maximum atomic E-state index is 11.6. The van der Waals surface area contributed by atoms with E-state index < -0.39 is 0 Å². The highest BCUT2D eigenvalue weighted by atomic mass is 79.9. The predicted octanol–water partition coefficient (Wildman–Crippen LogP) is 2.51. The maximum absolute atomic E-state index is 11.6. The van der Waals surface area contributed by atoms with Gasteiger partial charge in [-0.3, -0.25) is 4.79 Å². The van der Waals surface area contributed by atoms with Crippen LogP contribution in [0.25, 0.3) is 0 Å². The molecule has 17 heavy (non-hydrogen) atoms. The first kappa shape index (κ1) is 14.0. The van der Waals surface area contributed by atoms with Gasteiger partial charge in [0.15, 0.2) is 0 Å². The van der Waals surface area contributed by atoms with E-state index in [4.69, 9.17) is 10.5 Å². The fraction of sp³-hybridized carbons (Fsp3) is 0.462. The molecule has 2 N–H and O–H groups in total. The van der Waals surface area contributed by atoms with Crippen molar-refractivity contribution in [2.24, 2.45) is 5.92 Å². The summed E-state index contributed by atoms with van der Waals surface area (Å²) in [6.07, 6.45) is 2.58. The fourth-order valence-electron chi connectivity index (χ4n) is 2.24. The number of esters is 1. The lowest BCUT2D eigenvalue weighted by Crippen LogP contribution is -2.24. The zero-order valence-corrected chi connectivity index (χ0v) is 11.7. The Hall–Kier alpha value is -1.03. The summed E-state index contributed by atoms with van der Waals surface area (Å²) >= 11 is 0. The molecule has 4 heteroatoms. The molecule has 0 radical (unpaired) electrons. The minimum Gasteiger partial charge on any atom is -0.466 e. The van der Waals surface area contributed by atoms with Crippen LogP contribution >= 0.6 is 17.0 Å². The summed E-state index contributed by atoms with van der Waals surface area (Å²) in [5.74, 6) is -0.0407. The van der Waals surface area contributed by atoms with Crippen LogP contribution in [0.15, 0.2) is 18.2 Å². The van der Waals surface area contributed by atoms with E-state index in [9.17, 15) is 4.79 Å². The van der Waals surface area contributed by atoms with Crippen molar-refractivity contribution < 1.29 is 9.53 Å². The Balaban J connectivity index is 0.00000144. The minimum absolute atomic E-state index is 0. The van der Waals surface area contributed by atoms with Crippen LogP contribution in [0.2, 0.25) is 0 Å². The molecular formula is C13H18BrNO2. The summed E-state index contributed by atoms with van der Waals surface area (Å²) in [6, 6.07) is 5.93. The number of aryl methyl sites for hydroxylation is 1.